The molecule has 25 heavy (non-hydrogen) atoms. The molecule has 0 saturated heterocycles. The zero-order valence-electron chi connectivity index (χ0n) is 13.9. The van der Waals surface area contributed by atoms with Gasteiger partial charge in [-0.1, -0.05) is 22.0 Å². The molecular formula is C16H18BrNO7. The van der Waals surface area contributed by atoms with Crippen molar-refractivity contribution in [2.75, 3.05) is 21.3 Å². The molecule has 0 fully saturated rings. The van der Waals surface area contributed by atoms with Crippen molar-refractivity contribution in [1.29, 1.82) is 0 Å². The van der Waals surface area contributed by atoms with E-state index in [9.17, 15) is 19.2 Å². The Kier molecular flexibility index (Phi) is 8.06. The zero-order valence-corrected chi connectivity index (χ0v) is 15.5. The summed E-state index contributed by atoms with van der Waals surface area (Å²) in [6.45, 7) is 0. The summed E-state index contributed by atoms with van der Waals surface area (Å²) in [5.41, 5.74) is 0.255. The highest BCUT2D eigenvalue weighted by atomic mass is 79.9. The third-order valence-electron chi connectivity index (χ3n) is 3.35. The fourth-order valence-electron chi connectivity index (χ4n) is 2.06. The van der Waals surface area contributed by atoms with Crippen LogP contribution in [0.2, 0.25) is 0 Å². The number of carbonyl (C=O) groups is 4. The molecule has 0 heterocycles. The lowest BCUT2D eigenvalue weighted by molar-refractivity contribution is -0.158. The summed E-state index contributed by atoms with van der Waals surface area (Å²) in [5.74, 6) is -4.38. The number of hydrogen-bond acceptors (Lipinski definition) is 7. The summed E-state index contributed by atoms with van der Waals surface area (Å²) in [7, 11) is 3.36. The number of hydrogen-bond donors (Lipinski definition) is 1. The number of ether oxygens (including phenoxy) is 3. The van der Waals surface area contributed by atoms with Crippen molar-refractivity contribution in [1.82, 2.24) is 5.32 Å². The lowest BCUT2D eigenvalue weighted by Crippen LogP contribution is -2.50. The molecule has 1 aromatic rings. The fourth-order valence-corrected chi connectivity index (χ4v) is 2.46. The SMILES string of the molecule is COC(=O)C[C@H](C(=O)OC)[C@@H](NC(=O)c1cccc(Br)c1)C(=O)OC. The average Bonchev–Trinajstić information content (AvgIpc) is 2.62. The number of amides is 1. The molecule has 1 rings (SSSR count). The standard InChI is InChI=1S/C16H18BrNO7/c1-23-12(19)8-11(15(21)24-2)13(16(22)25-3)18-14(20)9-5-4-6-10(17)7-9/h4-7,11,13H,8H2,1-3H3,(H,18,20)/t11-,13+/m0/s1. The van der Waals surface area contributed by atoms with Gasteiger partial charge in [0.25, 0.3) is 5.91 Å². The van der Waals surface area contributed by atoms with E-state index in [1.54, 1.807) is 12.1 Å². The second-order valence-electron chi connectivity index (χ2n) is 4.89. The first-order valence-corrected chi connectivity index (χ1v) is 7.92. The van der Waals surface area contributed by atoms with Crippen molar-refractivity contribution < 1.29 is 33.4 Å². The van der Waals surface area contributed by atoms with E-state index in [0.717, 1.165) is 21.3 Å². The van der Waals surface area contributed by atoms with E-state index in [1.165, 1.54) is 12.1 Å². The highest BCUT2D eigenvalue weighted by Crippen LogP contribution is 2.16. The summed E-state index contributed by atoms with van der Waals surface area (Å²) < 4.78 is 14.5. The molecule has 136 valence electrons. The number of rotatable bonds is 7. The smallest absolute Gasteiger partial charge is 0.329 e. The topological polar surface area (TPSA) is 108 Å². The Morgan fingerprint density at radius 2 is 1.68 bits per heavy atom. The van der Waals surface area contributed by atoms with Gasteiger partial charge in [0.2, 0.25) is 0 Å². The van der Waals surface area contributed by atoms with Gasteiger partial charge in [-0.05, 0) is 18.2 Å². The van der Waals surface area contributed by atoms with E-state index in [4.69, 9.17) is 0 Å². The molecule has 0 unspecified atom stereocenters. The summed E-state index contributed by atoms with van der Waals surface area (Å²) in [6, 6.07) is 5.02. The molecule has 0 bridgehead atoms. The van der Waals surface area contributed by atoms with E-state index in [1.807, 2.05) is 0 Å². The number of benzene rings is 1. The van der Waals surface area contributed by atoms with E-state index in [-0.39, 0.29) is 5.56 Å². The third-order valence-corrected chi connectivity index (χ3v) is 3.84. The first kappa shape index (κ1) is 20.6. The molecule has 1 amide bonds. The maximum absolute atomic E-state index is 12.4. The van der Waals surface area contributed by atoms with E-state index >= 15 is 0 Å². The first-order chi connectivity index (χ1) is 11.8. The molecule has 0 aliphatic heterocycles. The van der Waals surface area contributed by atoms with Crippen LogP contribution in [-0.4, -0.2) is 51.2 Å². The third kappa shape index (κ3) is 5.86. The molecule has 1 N–H and O–H groups in total. The van der Waals surface area contributed by atoms with Gasteiger partial charge in [0, 0.05) is 10.0 Å². The van der Waals surface area contributed by atoms with Gasteiger partial charge in [0.05, 0.1) is 33.7 Å². The summed E-state index contributed by atoms with van der Waals surface area (Å²) in [5, 5.41) is 2.41. The molecule has 1 aromatic carbocycles. The van der Waals surface area contributed by atoms with Crippen LogP contribution in [0.3, 0.4) is 0 Å². The second-order valence-corrected chi connectivity index (χ2v) is 5.81. The average molecular weight is 416 g/mol. The summed E-state index contributed by atoms with van der Waals surface area (Å²) >= 11 is 3.24. The molecule has 0 aliphatic carbocycles. The quantitative estimate of drug-likeness (QED) is 0.523. The van der Waals surface area contributed by atoms with Crippen LogP contribution >= 0.6 is 15.9 Å². The minimum Gasteiger partial charge on any atom is -0.469 e. The fraction of sp³-hybridized carbons (Fsp3) is 0.375. The highest BCUT2D eigenvalue weighted by Gasteiger charge is 2.38. The van der Waals surface area contributed by atoms with E-state index in [0.29, 0.717) is 4.47 Å². The molecule has 0 saturated carbocycles. The van der Waals surface area contributed by atoms with Crippen LogP contribution in [0.15, 0.2) is 28.7 Å². The molecule has 8 nitrogen and oxygen atoms in total. The second kappa shape index (κ2) is 9.77. The Morgan fingerprint density at radius 3 is 2.20 bits per heavy atom. The van der Waals surface area contributed by atoms with Crippen molar-refractivity contribution >= 4 is 39.7 Å². The molecular weight excluding hydrogens is 398 g/mol. The molecule has 0 spiro atoms. The Balaban J connectivity index is 3.11. The van der Waals surface area contributed by atoms with Crippen molar-refractivity contribution in [3.8, 4) is 0 Å². The van der Waals surface area contributed by atoms with Crippen LogP contribution in [0.1, 0.15) is 16.8 Å². The number of halogens is 1. The van der Waals surface area contributed by atoms with Gasteiger partial charge in [-0.15, -0.1) is 0 Å². The minimum atomic E-state index is -1.41. The molecule has 0 radical (unpaired) electrons. The number of nitrogens with one attached hydrogen (secondary N) is 1. The van der Waals surface area contributed by atoms with Crippen LogP contribution in [0, 0.1) is 5.92 Å². The Morgan fingerprint density at radius 1 is 1.04 bits per heavy atom. The highest BCUT2D eigenvalue weighted by molar-refractivity contribution is 9.10. The van der Waals surface area contributed by atoms with Crippen LogP contribution in [0.25, 0.3) is 0 Å². The predicted octanol–water partition coefficient (Wildman–Crippen LogP) is 1.07. The van der Waals surface area contributed by atoms with Crippen LogP contribution in [0.4, 0.5) is 0 Å². The van der Waals surface area contributed by atoms with Gasteiger partial charge >= 0.3 is 17.9 Å². The molecule has 2 atom stereocenters. The lowest BCUT2D eigenvalue weighted by atomic mass is 9.95. The summed E-state index contributed by atoms with van der Waals surface area (Å²) in [4.78, 5) is 48.0. The number of carbonyl (C=O) groups excluding carboxylic acids is 4. The Hall–Kier alpha value is -2.42. The number of methoxy groups -OCH3 is 3. The minimum absolute atomic E-state index is 0.255. The van der Waals surface area contributed by atoms with Crippen LogP contribution in [0.5, 0.6) is 0 Å². The monoisotopic (exact) mass is 415 g/mol. The maximum Gasteiger partial charge on any atom is 0.329 e. The largest absolute Gasteiger partial charge is 0.469 e. The summed E-state index contributed by atoms with van der Waals surface area (Å²) in [6.07, 6.45) is -0.457. The molecule has 0 aliphatic rings. The van der Waals surface area contributed by atoms with Gasteiger partial charge in [0.15, 0.2) is 0 Å². The van der Waals surface area contributed by atoms with E-state index < -0.39 is 42.2 Å². The van der Waals surface area contributed by atoms with Gasteiger partial charge in [-0.2, -0.15) is 0 Å². The van der Waals surface area contributed by atoms with Gasteiger partial charge in [0.1, 0.15) is 6.04 Å². The number of esters is 3. The molecule has 0 aromatic heterocycles. The van der Waals surface area contributed by atoms with Crippen molar-refractivity contribution in [2.45, 2.75) is 12.5 Å². The maximum atomic E-state index is 12.4. The van der Waals surface area contributed by atoms with Crippen LogP contribution < -0.4 is 5.32 Å². The Bertz CT molecular complexity index is 662. The van der Waals surface area contributed by atoms with Crippen molar-refractivity contribution in [3.05, 3.63) is 34.3 Å². The van der Waals surface area contributed by atoms with Crippen molar-refractivity contribution in [2.24, 2.45) is 5.92 Å². The lowest BCUT2D eigenvalue weighted by Gasteiger charge is -2.23. The first-order valence-electron chi connectivity index (χ1n) is 7.13. The van der Waals surface area contributed by atoms with Crippen molar-refractivity contribution in [3.63, 3.8) is 0 Å². The molecule has 9 heteroatoms. The van der Waals surface area contributed by atoms with Gasteiger partial charge < -0.3 is 19.5 Å². The Labute approximate surface area is 152 Å². The van der Waals surface area contributed by atoms with Gasteiger partial charge in [-0.3, -0.25) is 14.4 Å². The normalized spacial score (nSPS) is 12.5. The van der Waals surface area contributed by atoms with Crippen LogP contribution in [-0.2, 0) is 28.6 Å². The zero-order chi connectivity index (χ0) is 19.0. The predicted molar refractivity (Wildman–Crippen MR) is 89.6 cm³/mol. The van der Waals surface area contributed by atoms with E-state index in [2.05, 4.69) is 35.5 Å². The van der Waals surface area contributed by atoms with Gasteiger partial charge in [-0.25, -0.2) is 4.79 Å².